The molecule has 6 heteroatoms. The van der Waals surface area contributed by atoms with Gasteiger partial charge in [0.05, 0.1) is 17.8 Å². The Hall–Kier alpha value is -2.89. The van der Waals surface area contributed by atoms with Gasteiger partial charge in [-0.3, -0.25) is 4.68 Å². The van der Waals surface area contributed by atoms with Crippen LogP contribution in [0.1, 0.15) is 17.1 Å². The Morgan fingerprint density at radius 3 is 2.54 bits per heavy atom. The first kappa shape index (κ1) is 16.0. The monoisotopic (exact) mass is 323 g/mol. The highest BCUT2D eigenvalue weighted by Crippen LogP contribution is 2.26. The molecule has 0 spiro atoms. The third-order valence-corrected chi connectivity index (χ3v) is 3.73. The van der Waals surface area contributed by atoms with Crippen LogP contribution in [0.4, 0.5) is 5.82 Å². The van der Waals surface area contributed by atoms with Gasteiger partial charge in [-0.1, -0.05) is 12.1 Å². The molecule has 124 valence electrons. The molecule has 0 saturated heterocycles. The van der Waals surface area contributed by atoms with Crippen LogP contribution in [-0.4, -0.2) is 31.4 Å². The molecular formula is C18H21N5O. The lowest BCUT2D eigenvalue weighted by Gasteiger charge is -2.10. The number of aryl methyl sites for hydroxylation is 3. The predicted molar refractivity (Wildman–Crippen MR) is 94.1 cm³/mol. The predicted octanol–water partition coefficient (Wildman–Crippen LogP) is 3.08. The second-order valence-electron chi connectivity index (χ2n) is 5.81. The first-order valence-electron chi connectivity index (χ1n) is 7.92. The summed E-state index contributed by atoms with van der Waals surface area (Å²) in [7, 11) is 0. The molecule has 0 aliphatic carbocycles. The van der Waals surface area contributed by atoms with E-state index in [2.05, 4.69) is 26.4 Å². The van der Waals surface area contributed by atoms with E-state index in [1.165, 1.54) is 0 Å². The number of nitrogens with zero attached hydrogens (tertiary/aromatic N) is 4. The molecule has 6 nitrogen and oxygen atoms in total. The van der Waals surface area contributed by atoms with Gasteiger partial charge < -0.3 is 10.4 Å². The molecule has 0 amide bonds. The fourth-order valence-electron chi connectivity index (χ4n) is 2.63. The zero-order valence-corrected chi connectivity index (χ0v) is 14.1. The van der Waals surface area contributed by atoms with Crippen molar-refractivity contribution in [2.45, 2.75) is 27.3 Å². The minimum absolute atomic E-state index is 0.177. The molecule has 0 aliphatic rings. The third kappa shape index (κ3) is 3.53. The molecule has 0 saturated carbocycles. The van der Waals surface area contributed by atoms with Gasteiger partial charge in [0.15, 0.2) is 5.82 Å². The summed E-state index contributed by atoms with van der Waals surface area (Å²) in [4.78, 5) is 8.93. The molecule has 2 aromatic heterocycles. The van der Waals surface area contributed by atoms with Crippen molar-refractivity contribution in [3.8, 4) is 17.1 Å². The fraction of sp³-hybridized carbons (Fsp3) is 0.278. The van der Waals surface area contributed by atoms with Gasteiger partial charge in [-0.05, 0) is 39.0 Å². The van der Waals surface area contributed by atoms with Crippen molar-refractivity contribution in [3.63, 3.8) is 0 Å². The van der Waals surface area contributed by atoms with Crippen molar-refractivity contribution in [1.29, 1.82) is 0 Å². The standard InChI is InChI=1S/C18H21N5O/c1-12-11-17(19-8-9-23-14(3)10-13(2)22-23)21-18(20-12)15-6-4-5-7-16(15)24/h4-7,10-11,24H,8-9H2,1-3H3,(H,19,20,21). The van der Waals surface area contributed by atoms with E-state index in [-0.39, 0.29) is 5.75 Å². The van der Waals surface area contributed by atoms with Crippen LogP contribution in [0.25, 0.3) is 11.4 Å². The summed E-state index contributed by atoms with van der Waals surface area (Å²) in [5.41, 5.74) is 3.63. The highest BCUT2D eigenvalue weighted by atomic mass is 16.3. The lowest BCUT2D eigenvalue weighted by Crippen LogP contribution is -2.14. The van der Waals surface area contributed by atoms with Crippen LogP contribution < -0.4 is 5.32 Å². The number of hydrogen-bond donors (Lipinski definition) is 2. The van der Waals surface area contributed by atoms with E-state index in [1.807, 2.05) is 43.7 Å². The number of rotatable bonds is 5. The number of phenols is 1. The molecular weight excluding hydrogens is 302 g/mol. The van der Waals surface area contributed by atoms with E-state index >= 15 is 0 Å². The molecule has 24 heavy (non-hydrogen) atoms. The van der Waals surface area contributed by atoms with Crippen molar-refractivity contribution in [3.05, 3.63) is 53.5 Å². The van der Waals surface area contributed by atoms with Crippen LogP contribution in [0.5, 0.6) is 5.75 Å². The smallest absolute Gasteiger partial charge is 0.165 e. The molecule has 0 unspecified atom stereocenters. The van der Waals surface area contributed by atoms with Crippen molar-refractivity contribution >= 4 is 5.82 Å². The maximum atomic E-state index is 9.99. The maximum Gasteiger partial charge on any atom is 0.165 e. The zero-order chi connectivity index (χ0) is 17.1. The van der Waals surface area contributed by atoms with Crippen LogP contribution in [0, 0.1) is 20.8 Å². The highest BCUT2D eigenvalue weighted by Gasteiger charge is 2.09. The largest absolute Gasteiger partial charge is 0.507 e. The van der Waals surface area contributed by atoms with Crippen molar-refractivity contribution in [1.82, 2.24) is 19.7 Å². The summed E-state index contributed by atoms with van der Waals surface area (Å²) < 4.78 is 1.97. The minimum atomic E-state index is 0.177. The number of aromatic nitrogens is 4. The Bertz CT molecular complexity index is 856. The molecule has 3 rings (SSSR count). The van der Waals surface area contributed by atoms with Crippen molar-refractivity contribution < 1.29 is 5.11 Å². The van der Waals surface area contributed by atoms with Crippen LogP contribution in [0.15, 0.2) is 36.4 Å². The van der Waals surface area contributed by atoms with Crippen LogP contribution in [0.3, 0.4) is 0 Å². The molecule has 1 aromatic carbocycles. The SMILES string of the molecule is Cc1cc(NCCn2nc(C)cc2C)nc(-c2ccccc2O)n1. The summed E-state index contributed by atoms with van der Waals surface area (Å²) in [6.45, 7) is 7.42. The van der Waals surface area contributed by atoms with Gasteiger partial charge in [0, 0.05) is 24.0 Å². The molecule has 0 radical (unpaired) electrons. The lowest BCUT2D eigenvalue weighted by molar-refractivity contribution is 0.477. The van der Waals surface area contributed by atoms with Crippen LogP contribution in [-0.2, 0) is 6.54 Å². The second kappa shape index (κ2) is 6.70. The maximum absolute atomic E-state index is 9.99. The summed E-state index contributed by atoms with van der Waals surface area (Å²) in [5.74, 6) is 1.43. The summed E-state index contributed by atoms with van der Waals surface area (Å²) in [6, 6.07) is 11.0. The normalized spacial score (nSPS) is 10.8. The quantitative estimate of drug-likeness (QED) is 0.754. The number of benzene rings is 1. The fourth-order valence-corrected chi connectivity index (χ4v) is 2.63. The summed E-state index contributed by atoms with van der Waals surface area (Å²) >= 11 is 0. The summed E-state index contributed by atoms with van der Waals surface area (Å²) in [6.07, 6.45) is 0. The third-order valence-electron chi connectivity index (χ3n) is 3.73. The second-order valence-corrected chi connectivity index (χ2v) is 5.81. The number of anilines is 1. The number of para-hydroxylation sites is 1. The Morgan fingerprint density at radius 1 is 1.04 bits per heavy atom. The van der Waals surface area contributed by atoms with E-state index in [9.17, 15) is 5.11 Å². The average Bonchev–Trinajstić information content (AvgIpc) is 2.85. The first-order chi connectivity index (χ1) is 11.5. The molecule has 2 N–H and O–H groups in total. The van der Waals surface area contributed by atoms with Gasteiger partial charge in [0.25, 0.3) is 0 Å². The van der Waals surface area contributed by atoms with Gasteiger partial charge >= 0.3 is 0 Å². The Kier molecular flexibility index (Phi) is 4.46. The Morgan fingerprint density at radius 2 is 1.83 bits per heavy atom. The van der Waals surface area contributed by atoms with Gasteiger partial charge in [-0.2, -0.15) is 5.10 Å². The lowest BCUT2D eigenvalue weighted by atomic mass is 10.2. The van der Waals surface area contributed by atoms with Gasteiger partial charge in [0.1, 0.15) is 11.6 Å². The van der Waals surface area contributed by atoms with E-state index in [0.717, 1.165) is 29.4 Å². The highest BCUT2D eigenvalue weighted by molar-refractivity contribution is 5.64. The topological polar surface area (TPSA) is 75.9 Å². The number of phenolic OH excluding ortho intramolecular Hbond substituents is 1. The molecule has 2 heterocycles. The van der Waals surface area contributed by atoms with E-state index in [4.69, 9.17) is 0 Å². The van der Waals surface area contributed by atoms with E-state index in [0.29, 0.717) is 17.9 Å². The van der Waals surface area contributed by atoms with Gasteiger partial charge in [-0.25, -0.2) is 9.97 Å². The number of hydrogen-bond acceptors (Lipinski definition) is 5. The molecule has 0 atom stereocenters. The van der Waals surface area contributed by atoms with Crippen LogP contribution in [0.2, 0.25) is 0 Å². The van der Waals surface area contributed by atoms with E-state index < -0.39 is 0 Å². The van der Waals surface area contributed by atoms with E-state index in [1.54, 1.807) is 12.1 Å². The molecule has 3 aromatic rings. The molecule has 0 aliphatic heterocycles. The minimum Gasteiger partial charge on any atom is -0.507 e. The Balaban J connectivity index is 1.75. The van der Waals surface area contributed by atoms with Gasteiger partial charge in [0.2, 0.25) is 0 Å². The average molecular weight is 323 g/mol. The molecule has 0 bridgehead atoms. The first-order valence-corrected chi connectivity index (χ1v) is 7.92. The van der Waals surface area contributed by atoms with Crippen molar-refractivity contribution in [2.24, 2.45) is 0 Å². The number of nitrogens with one attached hydrogen (secondary N) is 1. The number of aromatic hydroxyl groups is 1. The zero-order valence-electron chi connectivity index (χ0n) is 14.1. The Labute approximate surface area is 141 Å². The van der Waals surface area contributed by atoms with Crippen LogP contribution >= 0.6 is 0 Å². The van der Waals surface area contributed by atoms with Crippen molar-refractivity contribution in [2.75, 3.05) is 11.9 Å². The summed E-state index contributed by atoms with van der Waals surface area (Å²) in [5, 5.41) is 17.7. The van der Waals surface area contributed by atoms with Gasteiger partial charge in [-0.15, -0.1) is 0 Å². The molecule has 0 fully saturated rings.